The summed E-state index contributed by atoms with van der Waals surface area (Å²) in [5.74, 6) is -0.635. The van der Waals surface area contributed by atoms with Crippen LogP contribution in [-0.4, -0.2) is 14.3 Å². The maximum absolute atomic E-state index is 13.4. The zero-order valence-electron chi connectivity index (χ0n) is 9.52. The monoisotopic (exact) mass is 272 g/mol. The lowest BCUT2D eigenvalue weighted by Crippen LogP contribution is -2.16. The van der Waals surface area contributed by atoms with Crippen LogP contribution in [0.1, 0.15) is 19.3 Å². The Kier molecular flexibility index (Phi) is 3.36. The molecular formula is C11H13FN2O3S. The van der Waals surface area contributed by atoms with E-state index < -0.39 is 15.8 Å². The Bertz CT molecular complexity index is 582. The number of halogens is 1. The first kappa shape index (κ1) is 13.0. The second-order valence-corrected chi connectivity index (χ2v) is 5.94. The van der Waals surface area contributed by atoms with E-state index in [0.29, 0.717) is 12.3 Å². The second-order valence-electron chi connectivity index (χ2n) is 4.38. The number of amides is 1. The summed E-state index contributed by atoms with van der Waals surface area (Å²) < 4.78 is 35.6. The van der Waals surface area contributed by atoms with Crippen LogP contribution in [0, 0.1) is 11.7 Å². The van der Waals surface area contributed by atoms with Crippen molar-refractivity contribution in [2.75, 3.05) is 5.32 Å². The lowest BCUT2D eigenvalue weighted by Gasteiger charge is -2.07. The van der Waals surface area contributed by atoms with Crippen LogP contribution in [0.25, 0.3) is 0 Å². The van der Waals surface area contributed by atoms with E-state index in [1.807, 2.05) is 0 Å². The largest absolute Gasteiger partial charge is 0.324 e. The molecule has 0 aliphatic heterocycles. The van der Waals surface area contributed by atoms with Crippen LogP contribution >= 0.6 is 0 Å². The van der Waals surface area contributed by atoms with Crippen LogP contribution in [0.15, 0.2) is 23.1 Å². The Morgan fingerprint density at radius 3 is 2.67 bits per heavy atom. The molecule has 0 heterocycles. The molecule has 0 atom stereocenters. The molecule has 0 spiro atoms. The van der Waals surface area contributed by atoms with E-state index in [4.69, 9.17) is 5.14 Å². The van der Waals surface area contributed by atoms with Crippen molar-refractivity contribution in [3.05, 3.63) is 24.0 Å². The van der Waals surface area contributed by atoms with Crippen molar-refractivity contribution in [1.29, 1.82) is 0 Å². The fourth-order valence-electron chi connectivity index (χ4n) is 1.56. The van der Waals surface area contributed by atoms with E-state index in [2.05, 4.69) is 5.32 Å². The van der Waals surface area contributed by atoms with Crippen LogP contribution in [0.5, 0.6) is 0 Å². The third kappa shape index (κ3) is 3.27. The predicted octanol–water partition coefficient (Wildman–Crippen LogP) is 1.21. The smallest absolute Gasteiger partial charge is 0.238 e. The summed E-state index contributed by atoms with van der Waals surface area (Å²) >= 11 is 0. The Balaban J connectivity index is 2.17. The number of carbonyl (C=O) groups is 1. The molecule has 0 bridgehead atoms. The molecule has 0 radical (unpaired) electrons. The summed E-state index contributed by atoms with van der Waals surface area (Å²) in [6.45, 7) is 0. The molecule has 7 heteroatoms. The quantitative estimate of drug-likeness (QED) is 0.863. The summed E-state index contributed by atoms with van der Waals surface area (Å²) in [4.78, 5) is 11.3. The van der Waals surface area contributed by atoms with Gasteiger partial charge in [0.2, 0.25) is 15.9 Å². The van der Waals surface area contributed by atoms with Crippen LogP contribution < -0.4 is 10.5 Å². The number of nitrogens with two attached hydrogens (primary N) is 1. The van der Waals surface area contributed by atoms with Gasteiger partial charge in [-0.3, -0.25) is 4.79 Å². The average molecular weight is 272 g/mol. The standard InChI is InChI=1S/C11H13FN2O3S/c12-9-4-3-8(18(13,16)17)6-10(9)14-11(15)5-7-1-2-7/h3-4,6-7H,1-2,5H2,(H,14,15)(H2,13,16,17). The van der Waals surface area contributed by atoms with E-state index in [1.165, 1.54) is 0 Å². The number of hydrogen-bond acceptors (Lipinski definition) is 3. The third-order valence-electron chi connectivity index (χ3n) is 2.71. The molecule has 2 rings (SSSR count). The highest BCUT2D eigenvalue weighted by atomic mass is 32.2. The van der Waals surface area contributed by atoms with Gasteiger partial charge in [0.15, 0.2) is 0 Å². The van der Waals surface area contributed by atoms with Gasteiger partial charge in [-0.2, -0.15) is 0 Å². The highest BCUT2D eigenvalue weighted by molar-refractivity contribution is 7.89. The minimum absolute atomic E-state index is 0.160. The van der Waals surface area contributed by atoms with Gasteiger partial charge in [0.25, 0.3) is 0 Å². The maximum Gasteiger partial charge on any atom is 0.238 e. The van der Waals surface area contributed by atoms with Crippen molar-refractivity contribution >= 4 is 21.6 Å². The highest BCUT2D eigenvalue weighted by Crippen LogP contribution is 2.32. The van der Waals surface area contributed by atoms with Gasteiger partial charge in [0.05, 0.1) is 10.6 Å². The van der Waals surface area contributed by atoms with Crippen LogP contribution in [-0.2, 0) is 14.8 Å². The van der Waals surface area contributed by atoms with Gasteiger partial charge in [-0.1, -0.05) is 0 Å². The third-order valence-corrected chi connectivity index (χ3v) is 3.62. The topological polar surface area (TPSA) is 89.3 Å². The lowest BCUT2D eigenvalue weighted by molar-refractivity contribution is -0.116. The summed E-state index contributed by atoms with van der Waals surface area (Å²) in [5.41, 5.74) is -0.160. The van der Waals surface area contributed by atoms with Crippen molar-refractivity contribution in [2.45, 2.75) is 24.2 Å². The number of nitrogens with one attached hydrogen (secondary N) is 1. The first-order valence-electron chi connectivity index (χ1n) is 5.48. The van der Waals surface area contributed by atoms with E-state index in [-0.39, 0.29) is 16.5 Å². The molecule has 1 fully saturated rings. The Labute approximate surface area is 104 Å². The van der Waals surface area contributed by atoms with Gasteiger partial charge >= 0.3 is 0 Å². The molecule has 1 aliphatic carbocycles. The van der Waals surface area contributed by atoms with Crippen LogP contribution in [0.3, 0.4) is 0 Å². The average Bonchev–Trinajstić information content (AvgIpc) is 3.03. The number of benzene rings is 1. The zero-order valence-corrected chi connectivity index (χ0v) is 10.3. The molecule has 1 aromatic carbocycles. The lowest BCUT2D eigenvalue weighted by atomic mass is 10.2. The normalized spacial score (nSPS) is 15.4. The number of sulfonamides is 1. The number of rotatable bonds is 4. The molecule has 1 aromatic rings. The molecule has 1 saturated carbocycles. The first-order chi connectivity index (χ1) is 8.36. The number of hydrogen-bond donors (Lipinski definition) is 2. The van der Waals surface area contributed by atoms with Gasteiger partial charge in [-0.15, -0.1) is 0 Å². The van der Waals surface area contributed by atoms with Crippen molar-refractivity contribution in [2.24, 2.45) is 11.1 Å². The number of carbonyl (C=O) groups excluding carboxylic acids is 1. The molecule has 0 aromatic heterocycles. The highest BCUT2D eigenvalue weighted by Gasteiger charge is 2.24. The molecule has 3 N–H and O–H groups in total. The van der Waals surface area contributed by atoms with Crippen molar-refractivity contribution < 1.29 is 17.6 Å². The zero-order chi connectivity index (χ0) is 13.3. The summed E-state index contributed by atoms with van der Waals surface area (Å²) in [6.07, 6.45) is 2.35. The van der Waals surface area contributed by atoms with Crippen LogP contribution in [0.2, 0.25) is 0 Å². The molecule has 0 unspecified atom stereocenters. The minimum Gasteiger partial charge on any atom is -0.324 e. The van der Waals surface area contributed by atoms with Crippen molar-refractivity contribution in [3.63, 3.8) is 0 Å². The molecule has 98 valence electrons. The first-order valence-corrected chi connectivity index (χ1v) is 7.03. The van der Waals surface area contributed by atoms with Gasteiger partial charge in [0.1, 0.15) is 5.82 Å². The van der Waals surface area contributed by atoms with E-state index in [9.17, 15) is 17.6 Å². The van der Waals surface area contributed by atoms with Crippen molar-refractivity contribution in [3.8, 4) is 0 Å². The van der Waals surface area contributed by atoms with E-state index in [1.54, 1.807) is 0 Å². The van der Waals surface area contributed by atoms with Gasteiger partial charge in [0, 0.05) is 6.42 Å². The number of anilines is 1. The molecule has 1 amide bonds. The molecule has 0 saturated heterocycles. The van der Waals surface area contributed by atoms with Crippen molar-refractivity contribution in [1.82, 2.24) is 0 Å². The second kappa shape index (κ2) is 4.66. The van der Waals surface area contributed by atoms with Gasteiger partial charge in [-0.05, 0) is 37.0 Å². The Hall–Kier alpha value is -1.47. The summed E-state index contributed by atoms with van der Waals surface area (Å²) in [6, 6.07) is 3.04. The SMILES string of the molecule is NS(=O)(=O)c1ccc(F)c(NC(=O)CC2CC2)c1. The molecule has 1 aliphatic rings. The predicted molar refractivity (Wildman–Crippen MR) is 63.7 cm³/mol. The summed E-state index contributed by atoms with van der Waals surface area (Å²) in [5, 5.41) is 7.29. The Morgan fingerprint density at radius 2 is 2.11 bits per heavy atom. The fraction of sp³-hybridized carbons (Fsp3) is 0.364. The van der Waals surface area contributed by atoms with Crippen LogP contribution in [0.4, 0.5) is 10.1 Å². The number of primary sulfonamides is 1. The van der Waals surface area contributed by atoms with Gasteiger partial charge in [-0.25, -0.2) is 17.9 Å². The van der Waals surface area contributed by atoms with Gasteiger partial charge < -0.3 is 5.32 Å². The van der Waals surface area contributed by atoms with E-state index >= 15 is 0 Å². The van der Waals surface area contributed by atoms with E-state index in [0.717, 1.165) is 31.0 Å². The summed E-state index contributed by atoms with van der Waals surface area (Å²) in [7, 11) is -3.91. The minimum atomic E-state index is -3.91. The molecular weight excluding hydrogens is 259 g/mol. The molecule has 5 nitrogen and oxygen atoms in total. The molecule has 18 heavy (non-hydrogen) atoms. The maximum atomic E-state index is 13.4. The fourth-order valence-corrected chi connectivity index (χ4v) is 2.10. The Morgan fingerprint density at radius 1 is 1.44 bits per heavy atom.